The van der Waals surface area contributed by atoms with Crippen LogP contribution in [0.25, 0.3) is 0 Å². The maximum Gasteiger partial charge on any atom is 0.100 e. The zero-order chi connectivity index (χ0) is 9.84. The molecule has 0 saturated heterocycles. The van der Waals surface area contributed by atoms with E-state index < -0.39 is 0 Å². The third-order valence-corrected chi connectivity index (χ3v) is 2.90. The summed E-state index contributed by atoms with van der Waals surface area (Å²) in [6.07, 6.45) is 0. The number of rotatable bonds is 2. The first-order valence-electron chi connectivity index (χ1n) is 4.07. The van der Waals surface area contributed by atoms with E-state index in [4.69, 9.17) is 10.5 Å². The van der Waals surface area contributed by atoms with Gasteiger partial charge < -0.3 is 0 Å². The predicted molar refractivity (Wildman–Crippen MR) is 52.2 cm³/mol. The van der Waals surface area contributed by atoms with Crippen molar-refractivity contribution in [2.24, 2.45) is 5.92 Å². The molecule has 0 bridgehead atoms. The topological polar surface area (TPSA) is 47.6 Å². The SMILES string of the molecule is CC(C)C(C#N)c1sccc1C#N. The van der Waals surface area contributed by atoms with Gasteiger partial charge in [0.1, 0.15) is 6.07 Å². The van der Waals surface area contributed by atoms with Crippen LogP contribution in [0.5, 0.6) is 0 Å². The van der Waals surface area contributed by atoms with Crippen molar-refractivity contribution in [3.05, 3.63) is 21.9 Å². The van der Waals surface area contributed by atoms with Crippen molar-refractivity contribution in [3.8, 4) is 12.1 Å². The third-order valence-electron chi connectivity index (χ3n) is 1.90. The van der Waals surface area contributed by atoms with Crippen LogP contribution in [0.15, 0.2) is 11.4 Å². The van der Waals surface area contributed by atoms with E-state index >= 15 is 0 Å². The molecule has 0 saturated carbocycles. The molecule has 0 aliphatic rings. The Bertz CT molecular complexity index is 365. The zero-order valence-corrected chi connectivity index (χ0v) is 8.43. The van der Waals surface area contributed by atoms with E-state index in [1.807, 2.05) is 19.2 Å². The molecule has 2 nitrogen and oxygen atoms in total. The van der Waals surface area contributed by atoms with Crippen LogP contribution < -0.4 is 0 Å². The summed E-state index contributed by atoms with van der Waals surface area (Å²) in [6.45, 7) is 3.99. The van der Waals surface area contributed by atoms with E-state index in [2.05, 4.69) is 12.1 Å². The van der Waals surface area contributed by atoms with Gasteiger partial charge in [-0.2, -0.15) is 10.5 Å². The highest BCUT2D eigenvalue weighted by Crippen LogP contribution is 2.30. The molecule has 0 fully saturated rings. The molecule has 0 N–H and O–H groups in total. The smallest absolute Gasteiger partial charge is 0.100 e. The zero-order valence-electron chi connectivity index (χ0n) is 7.61. The number of nitrogens with zero attached hydrogens (tertiary/aromatic N) is 2. The van der Waals surface area contributed by atoms with Crippen LogP contribution >= 0.6 is 11.3 Å². The average Bonchev–Trinajstić information content (AvgIpc) is 2.53. The molecule has 1 aromatic heterocycles. The Morgan fingerprint density at radius 2 is 2.08 bits per heavy atom. The van der Waals surface area contributed by atoms with Gasteiger partial charge in [-0.05, 0) is 17.4 Å². The first-order valence-corrected chi connectivity index (χ1v) is 4.95. The second-order valence-corrected chi connectivity index (χ2v) is 4.11. The highest BCUT2D eigenvalue weighted by molar-refractivity contribution is 7.10. The monoisotopic (exact) mass is 190 g/mol. The van der Waals surface area contributed by atoms with Gasteiger partial charge in [-0.1, -0.05) is 13.8 Å². The summed E-state index contributed by atoms with van der Waals surface area (Å²) in [6, 6.07) is 6.11. The average molecular weight is 190 g/mol. The fraction of sp³-hybridized carbons (Fsp3) is 0.400. The van der Waals surface area contributed by atoms with Crippen LogP contribution in [-0.4, -0.2) is 0 Å². The molecular weight excluding hydrogens is 180 g/mol. The summed E-state index contributed by atoms with van der Waals surface area (Å²) in [5.74, 6) is 0.116. The van der Waals surface area contributed by atoms with Gasteiger partial charge >= 0.3 is 0 Å². The van der Waals surface area contributed by atoms with Gasteiger partial charge in [0.05, 0.1) is 17.6 Å². The maximum absolute atomic E-state index is 8.94. The third kappa shape index (κ3) is 1.88. The summed E-state index contributed by atoms with van der Waals surface area (Å²) >= 11 is 1.49. The normalized spacial score (nSPS) is 12.1. The number of hydrogen-bond acceptors (Lipinski definition) is 3. The Labute approximate surface area is 82.0 Å². The van der Waals surface area contributed by atoms with Gasteiger partial charge in [0.2, 0.25) is 0 Å². The van der Waals surface area contributed by atoms with Crippen molar-refractivity contribution in [2.45, 2.75) is 19.8 Å². The molecule has 1 unspecified atom stereocenters. The molecule has 3 heteroatoms. The lowest BCUT2D eigenvalue weighted by atomic mass is 9.94. The highest BCUT2D eigenvalue weighted by atomic mass is 32.1. The molecule has 1 rings (SSSR count). The summed E-state index contributed by atoms with van der Waals surface area (Å²) in [5, 5.41) is 19.6. The van der Waals surface area contributed by atoms with Crippen LogP contribution in [0, 0.1) is 28.6 Å². The van der Waals surface area contributed by atoms with E-state index in [9.17, 15) is 0 Å². The second kappa shape index (κ2) is 4.07. The molecule has 0 radical (unpaired) electrons. The van der Waals surface area contributed by atoms with Gasteiger partial charge in [0.15, 0.2) is 0 Å². The largest absolute Gasteiger partial charge is 0.198 e. The maximum atomic E-state index is 8.94. The van der Waals surface area contributed by atoms with Crippen LogP contribution in [0.3, 0.4) is 0 Å². The Hall–Kier alpha value is -1.32. The van der Waals surface area contributed by atoms with Gasteiger partial charge in [0.25, 0.3) is 0 Å². The molecule has 0 amide bonds. The molecular formula is C10H10N2S. The van der Waals surface area contributed by atoms with E-state index in [1.54, 1.807) is 6.07 Å². The fourth-order valence-electron chi connectivity index (χ4n) is 1.16. The highest BCUT2D eigenvalue weighted by Gasteiger charge is 2.19. The molecule has 0 aromatic carbocycles. The van der Waals surface area contributed by atoms with Gasteiger partial charge in [-0.15, -0.1) is 11.3 Å². The van der Waals surface area contributed by atoms with Crippen molar-refractivity contribution in [1.29, 1.82) is 10.5 Å². The van der Waals surface area contributed by atoms with Crippen molar-refractivity contribution < 1.29 is 0 Å². The summed E-state index contributed by atoms with van der Waals surface area (Å²) in [5.41, 5.74) is 0.644. The van der Waals surface area contributed by atoms with Gasteiger partial charge in [-0.3, -0.25) is 0 Å². The Morgan fingerprint density at radius 1 is 1.38 bits per heavy atom. The van der Waals surface area contributed by atoms with Crippen molar-refractivity contribution in [2.75, 3.05) is 0 Å². The van der Waals surface area contributed by atoms with Crippen LogP contribution in [0.4, 0.5) is 0 Å². The minimum Gasteiger partial charge on any atom is -0.198 e. The van der Waals surface area contributed by atoms with Crippen LogP contribution in [0.2, 0.25) is 0 Å². The van der Waals surface area contributed by atoms with Crippen molar-refractivity contribution >= 4 is 11.3 Å². The van der Waals surface area contributed by atoms with E-state index in [0.717, 1.165) is 4.88 Å². The molecule has 0 aliphatic carbocycles. The number of thiophene rings is 1. The molecule has 13 heavy (non-hydrogen) atoms. The molecule has 66 valence electrons. The standard InChI is InChI=1S/C10H10N2S/c1-7(2)9(6-12)10-8(5-11)3-4-13-10/h3-4,7,9H,1-2H3. The van der Waals surface area contributed by atoms with Crippen molar-refractivity contribution in [1.82, 2.24) is 0 Å². The number of hydrogen-bond donors (Lipinski definition) is 0. The molecule has 1 aromatic rings. The summed E-state index contributed by atoms with van der Waals surface area (Å²) in [7, 11) is 0. The predicted octanol–water partition coefficient (Wildman–Crippen LogP) is 2.88. The number of nitriles is 2. The minimum absolute atomic E-state index is 0.144. The Balaban J connectivity index is 3.08. The first kappa shape index (κ1) is 9.77. The first-order chi connectivity index (χ1) is 6.20. The molecule has 0 spiro atoms. The quantitative estimate of drug-likeness (QED) is 0.719. The molecule has 1 heterocycles. The van der Waals surface area contributed by atoms with E-state index in [-0.39, 0.29) is 11.8 Å². The molecule has 1 atom stereocenters. The van der Waals surface area contributed by atoms with E-state index in [0.29, 0.717) is 5.56 Å². The summed E-state index contributed by atoms with van der Waals surface area (Å²) < 4.78 is 0. The lowest BCUT2D eigenvalue weighted by Crippen LogP contribution is -2.03. The minimum atomic E-state index is -0.144. The Morgan fingerprint density at radius 3 is 2.54 bits per heavy atom. The van der Waals surface area contributed by atoms with Crippen molar-refractivity contribution in [3.63, 3.8) is 0 Å². The van der Waals surface area contributed by atoms with E-state index in [1.165, 1.54) is 11.3 Å². The Kier molecular flexibility index (Phi) is 3.06. The van der Waals surface area contributed by atoms with Crippen LogP contribution in [-0.2, 0) is 0 Å². The molecule has 0 aliphatic heterocycles. The summed E-state index contributed by atoms with van der Waals surface area (Å²) in [4.78, 5) is 0.903. The van der Waals surface area contributed by atoms with Gasteiger partial charge in [-0.25, -0.2) is 0 Å². The van der Waals surface area contributed by atoms with Gasteiger partial charge in [0, 0.05) is 4.88 Å². The lowest BCUT2D eigenvalue weighted by Gasteiger charge is -2.10. The second-order valence-electron chi connectivity index (χ2n) is 3.16. The van der Waals surface area contributed by atoms with Crippen LogP contribution in [0.1, 0.15) is 30.2 Å². The fourth-order valence-corrected chi connectivity index (χ4v) is 2.23. The lowest BCUT2D eigenvalue weighted by molar-refractivity contribution is 0.594.